The molecular weight excluding hydrogens is 527 g/mol. The van der Waals surface area contributed by atoms with Crippen LogP contribution in [0.1, 0.15) is 212 Å². The van der Waals surface area contributed by atoms with Crippen LogP contribution in [0.3, 0.4) is 0 Å². The van der Waals surface area contributed by atoms with Crippen LogP contribution in [0, 0.1) is 6.92 Å². The zero-order valence-electron chi connectivity index (χ0n) is 27.5. The van der Waals surface area contributed by atoms with Crippen LogP contribution in [0.2, 0.25) is 0 Å². The second kappa shape index (κ2) is 39.9. The summed E-state index contributed by atoms with van der Waals surface area (Å²) in [6.45, 7) is 6.23. The van der Waals surface area contributed by atoms with E-state index in [2.05, 4.69) is 13.8 Å². The molecule has 0 bridgehead atoms. The van der Waals surface area contributed by atoms with E-state index >= 15 is 0 Å². The van der Waals surface area contributed by atoms with Gasteiger partial charge in [0.15, 0.2) is 0 Å². The van der Waals surface area contributed by atoms with Gasteiger partial charge in [-0.15, -0.1) is 0 Å². The van der Waals surface area contributed by atoms with Crippen molar-refractivity contribution in [2.45, 2.75) is 212 Å². The van der Waals surface area contributed by atoms with Crippen LogP contribution < -0.4 is 29.6 Å². The van der Waals surface area contributed by atoms with Crippen molar-refractivity contribution in [2.24, 2.45) is 0 Å². The van der Waals surface area contributed by atoms with E-state index in [0.29, 0.717) is 0 Å². The zero-order chi connectivity index (χ0) is 29.1. The molecule has 0 saturated heterocycles. The van der Waals surface area contributed by atoms with Gasteiger partial charge in [-0.2, -0.15) is 14.8 Å². The van der Waals surface area contributed by atoms with Crippen molar-refractivity contribution in [3.05, 3.63) is 6.92 Å². The fraction of sp³-hybridized carbons (Fsp3) is 0.971. The molecule has 40 heavy (non-hydrogen) atoms. The summed E-state index contributed by atoms with van der Waals surface area (Å²) in [6, 6.07) is 0. The molecule has 0 unspecified atom stereocenters. The van der Waals surface area contributed by atoms with E-state index < -0.39 is 10.4 Å². The summed E-state index contributed by atoms with van der Waals surface area (Å²) in [4.78, 5) is 0. The maximum Gasteiger partial charge on any atom is 1.00 e. The molecular formula is C34H71NaO4S. The molecule has 0 atom stereocenters. The third-order valence-corrected chi connectivity index (χ3v) is 7.85. The van der Waals surface area contributed by atoms with E-state index in [1.54, 1.807) is 0 Å². The van der Waals surface area contributed by atoms with Crippen molar-refractivity contribution in [1.29, 1.82) is 0 Å². The summed E-state index contributed by atoms with van der Waals surface area (Å²) < 4.78 is 31.6. The average Bonchev–Trinajstić information content (AvgIpc) is 2.89. The van der Waals surface area contributed by atoms with Crippen LogP contribution in [-0.4, -0.2) is 17.5 Å². The molecule has 0 amide bonds. The first-order valence-electron chi connectivity index (χ1n) is 17.4. The molecule has 0 aliphatic carbocycles. The maximum atomic E-state index is 8.74. The number of hydrogen-bond donors (Lipinski definition) is 2. The van der Waals surface area contributed by atoms with Gasteiger partial charge in [-0.1, -0.05) is 206 Å². The normalized spacial score (nSPS) is 11.2. The molecule has 0 aromatic carbocycles. The second-order valence-electron chi connectivity index (χ2n) is 11.9. The van der Waals surface area contributed by atoms with Gasteiger partial charge in [0.25, 0.3) is 0 Å². The molecule has 2 N–H and O–H groups in total. The maximum absolute atomic E-state index is 8.74. The van der Waals surface area contributed by atoms with Crippen molar-refractivity contribution >= 4 is 10.4 Å². The zero-order valence-corrected chi connectivity index (χ0v) is 30.3. The Bertz CT molecular complexity index is 488. The first-order valence-corrected chi connectivity index (χ1v) is 18.8. The van der Waals surface area contributed by atoms with Crippen molar-refractivity contribution < 1.29 is 47.1 Å². The largest absolute Gasteiger partial charge is 1.00 e. The first kappa shape index (κ1) is 45.3. The van der Waals surface area contributed by atoms with Gasteiger partial charge in [0, 0.05) is 0 Å². The minimum Gasteiger partial charge on any atom is -0.343 e. The van der Waals surface area contributed by atoms with Crippen LogP contribution in [0.25, 0.3) is 0 Å². The Morgan fingerprint density at radius 2 is 0.500 bits per heavy atom. The Kier molecular flexibility index (Phi) is 45.2. The van der Waals surface area contributed by atoms with E-state index in [0.717, 1.165) is 6.42 Å². The predicted octanol–water partition coefficient (Wildman–Crippen LogP) is 9.67. The number of rotatable bonds is 31. The molecule has 0 fully saturated rings. The van der Waals surface area contributed by atoms with Crippen LogP contribution >= 0.6 is 0 Å². The Balaban J connectivity index is -0.00000208. The topological polar surface area (TPSA) is 74.6 Å². The summed E-state index contributed by atoms with van der Waals surface area (Å²) >= 11 is 0. The first-order chi connectivity index (χ1) is 18.9. The fourth-order valence-electron chi connectivity index (χ4n) is 5.38. The van der Waals surface area contributed by atoms with E-state index in [1.807, 2.05) is 0 Å². The van der Waals surface area contributed by atoms with Crippen molar-refractivity contribution in [2.75, 3.05) is 0 Å². The Morgan fingerprint density at radius 3 is 0.625 bits per heavy atom. The summed E-state index contributed by atoms with van der Waals surface area (Å²) in [5.41, 5.74) is 0. The summed E-state index contributed by atoms with van der Waals surface area (Å²) in [5, 5.41) is 0. The van der Waals surface area contributed by atoms with E-state index in [4.69, 9.17) is 17.5 Å². The van der Waals surface area contributed by atoms with E-state index in [9.17, 15) is 0 Å². The summed E-state index contributed by atoms with van der Waals surface area (Å²) in [6.07, 6.45) is 46.8. The molecule has 0 aromatic heterocycles. The van der Waals surface area contributed by atoms with E-state index in [1.165, 1.54) is 199 Å². The Morgan fingerprint density at radius 1 is 0.375 bits per heavy atom. The minimum absolute atomic E-state index is 0. The van der Waals surface area contributed by atoms with Crippen LogP contribution in [0.15, 0.2) is 0 Å². The molecule has 0 heterocycles. The van der Waals surface area contributed by atoms with Gasteiger partial charge in [0.2, 0.25) is 0 Å². The van der Waals surface area contributed by atoms with Crippen molar-refractivity contribution in [3.63, 3.8) is 0 Å². The SMILES string of the molecule is O=S(=O)(O)O.[CH2-]CCCCCCCCCCCCCCCCCCCCCCCCCCCCCCCCC.[Na+]. The molecule has 0 aliphatic rings. The molecule has 6 heteroatoms. The number of hydrogen-bond acceptors (Lipinski definition) is 2. The number of unbranched alkanes of at least 4 members (excludes halogenated alkanes) is 31. The molecule has 238 valence electrons. The quantitative estimate of drug-likeness (QED) is 0.0360. The van der Waals surface area contributed by atoms with Gasteiger partial charge in [-0.3, -0.25) is 9.11 Å². The van der Waals surface area contributed by atoms with Gasteiger partial charge in [0.05, 0.1) is 0 Å². The molecule has 0 spiro atoms. The Hall–Kier alpha value is 0.870. The third kappa shape index (κ3) is 54.9. The summed E-state index contributed by atoms with van der Waals surface area (Å²) in [7, 11) is -4.67. The summed E-state index contributed by atoms with van der Waals surface area (Å²) in [5.74, 6) is 0. The van der Waals surface area contributed by atoms with Crippen LogP contribution in [0.4, 0.5) is 0 Å². The molecule has 0 aliphatic heterocycles. The van der Waals surface area contributed by atoms with Crippen molar-refractivity contribution in [3.8, 4) is 0 Å². The molecule has 0 radical (unpaired) electrons. The smallest absolute Gasteiger partial charge is 0.343 e. The van der Waals surface area contributed by atoms with Crippen LogP contribution in [-0.2, 0) is 10.4 Å². The molecule has 0 rings (SSSR count). The van der Waals surface area contributed by atoms with Gasteiger partial charge in [-0.25, -0.2) is 0 Å². The van der Waals surface area contributed by atoms with Crippen molar-refractivity contribution in [1.82, 2.24) is 0 Å². The molecule has 0 aromatic rings. The minimum atomic E-state index is -4.67. The average molecular weight is 599 g/mol. The monoisotopic (exact) mass is 598 g/mol. The fourth-order valence-corrected chi connectivity index (χ4v) is 5.38. The van der Waals surface area contributed by atoms with Gasteiger partial charge < -0.3 is 6.92 Å². The predicted molar refractivity (Wildman–Crippen MR) is 173 cm³/mol. The Labute approximate surface area is 275 Å². The molecule has 4 nitrogen and oxygen atoms in total. The van der Waals surface area contributed by atoms with Gasteiger partial charge in [0.1, 0.15) is 0 Å². The van der Waals surface area contributed by atoms with E-state index in [-0.39, 0.29) is 29.6 Å². The second-order valence-corrected chi connectivity index (χ2v) is 12.8. The standard InChI is InChI=1S/C34H69.Na.H2O4S/c1-3-5-7-9-11-13-15-17-19-21-23-25-27-29-31-33-34-32-30-28-26-24-22-20-18-16-14-12-10-8-6-4-2;;1-5(2,3)4/h1,3-34H2,2H3;;(H2,1,2,3,4)/q-1;+1;. The molecule has 0 saturated carbocycles. The van der Waals surface area contributed by atoms with Gasteiger partial charge >= 0.3 is 40.0 Å². The van der Waals surface area contributed by atoms with Gasteiger partial charge in [-0.05, 0) is 0 Å². The van der Waals surface area contributed by atoms with Crippen LogP contribution in [0.5, 0.6) is 0 Å². The third-order valence-electron chi connectivity index (χ3n) is 7.85.